The molecule has 0 unspecified atom stereocenters. The third kappa shape index (κ3) is 5.09. The Bertz CT molecular complexity index is 974. The molecular formula is C21H17ClN2O3. The van der Waals surface area contributed by atoms with E-state index in [1.54, 1.807) is 42.5 Å². The molecule has 0 aliphatic carbocycles. The Morgan fingerprint density at radius 2 is 1.59 bits per heavy atom. The quantitative estimate of drug-likeness (QED) is 0.627. The molecule has 5 nitrogen and oxygen atoms in total. The van der Waals surface area contributed by atoms with Crippen LogP contribution in [0.15, 0.2) is 72.8 Å². The van der Waals surface area contributed by atoms with Gasteiger partial charge >= 0.3 is 0 Å². The molecule has 2 N–H and O–H groups in total. The van der Waals surface area contributed by atoms with Crippen molar-refractivity contribution in [1.82, 2.24) is 0 Å². The van der Waals surface area contributed by atoms with Crippen LogP contribution in [0.2, 0.25) is 5.02 Å². The lowest BCUT2D eigenvalue weighted by molar-refractivity contribution is -0.114. The van der Waals surface area contributed by atoms with Crippen molar-refractivity contribution in [2.45, 2.75) is 6.92 Å². The van der Waals surface area contributed by atoms with Gasteiger partial charge < -0.3 is 15.4 Å². The molecule has 0 atom stereocenters. The number of carbonyl (C=O) groups is 2. The zero-order chi connectivity index (χ0) is 19.2. The van der Waals surface area contributed by atoms with Gasteiger partial charge in [0.1, 0.15) is 11.5 Å². The van der Waals surface area contributed by atoms with E-state index in [-0.39, 0.29) is 11.8 Å². The molecule has 2 amide bonds. The molecule has 3 aromatic carbocycles. The van der Waals surface area contributed by atoms with Crippen LogP contribution in [0, 0.1) is 0 Å². The summed E-state index contributed by atoms with van der Waals surface area (Å²) in [6, 6.07) is 21.1. The molecule has 6 heteroatoms. The fraction of sp³-hybridized carbons (Fsp3) is 0.0476. The van der Waals surface area contributed by atoms with Crippen LogP contribution >= 0.6 is 11.6 Å². The minimum Gasteiger partial charge on any atom is -0.457 e. The lowest BCUT2D eigenvalue weighted by Crippen LogP contribution is -2.12. The first kappa shape index (κ1) is 18.5. The molecule has 0 spiro atoms. The van der Waals surface area contributed by atoms with Crippen LogP contribution in [0.1, 0.15) is 17.3 Å². The maximum absolute atomic E-state index is 12.5. The lowest BCUT2D eigenvalue weighted by Gasteiger charge is -2.10. The number of rotatable bonds is 5. The number of ether oxygens (including phenoxy) is 1. The Kier molecular flexibility index (Phi) is 5.74. The summed E-state index contributed by atoms with van der Waals surface area (Å²) < 4.78 is 5.75. The molecule has 0 aliphatic heterocycles. The van der Waals surface area contributed by atoms with E-state index < -0.39 is 0 Å². The summed E-state index contributed by atoms with van der Waals surface area (Å²) in [5.41, 5.74) is 1.46. The van der Waals surface area contributed by atoms with Gasteiger partial charge in [-0.2, -0.15) is 0 Å². The minimum atomic E-state index is -0.295. The van der Waals surface area contributed by atoms with Crippen LogP contribution in [0.5, 0.6) is 11.5 Å². The zero-order valence-corrected chi connectivity index (χ0v) is 15.3. The van der Waals surface area contributed by atoms with E-state index in [0.29, 0.717) is 33.5 Å². The smallest absolute Gasteiger partial charge is 0.255 e. The summed E-state index contributed by atoms with van der Waals surface area (Å²) in [6.07, 6.45) is 0. The second-order valence-electron chi connectivity index (χ2n) is 5.77. The molecule has 0 heterocycles. The van der Waals surface area contributed by atoms with Crippen molar-refractivity contribution in [2.24, 2.45) is 0 Å². The number of hydrogen-bond donors (Lipinski definition) is 2. The number of amides is 2. The standard InChI is InChI=1S/C21H17ClN2O3/c1-14(25)23-20-11-10-16(13-19(20)22)24-21(26)15-6-5-9-18(12-15)27-17-7-3-2-4-8-17/h2-13H,1H3,(H,23,25)(H,24,26). The average Bonchev–Trinajstić information content (AvgIpc) is 2.65. The lowest BCUT2D eigenvalue weighted by atomic mass is 10.2. The topological polar surface area (TPSA) is 67.4 Å². The minimum absolute atomic E-state index is 0.219. The highest BCUT2D eigenvalue weighted by molar-refractivity contribution is 6.34. The average molecular weight is 381 g/mol. The largest absolute Gasteiger partial charge is 0.457 e. The fourth-order valence-corrected chi connectivity index (χ4v) is 2.64. The Hall–Kier alpha value is -3.31. The fourth-order valence-electron chi connectivity index (χ4n) is 2.41. The monoisotopic (exact) mass is 380 g/mol. The van der Waals surface area contributed by atoms with Crippen LogP contribution in [0.25, 0.3) is 0 Å². The Labute approximate surface area is 161 Å². The third-order valence-corrected chi connectivity index (χ3v) is 3.93. The van der Waals surface area contributed by atoms with E-state index in [4.69, 9.17) is 16.3 Å². The molecule has 0 bridgehead atoms. The van der Waals surface area contributed by atoms with Crippen molar-refractivity contribution in [3.63, 3.8) is 0 Å². The van der Waals surface area contributed by atoms with E-state index in [1.807, 2.05) is 30.3 Å². The second-order valence-corrected chi connectivity index (χ2v) is 6.18. The van der Waals surface area contributed by atoms with Crippen molar-refractivity contribution in [2.75, 3.05) is 10.6 Å². The highest BCUT2D eigenvalue weighted by Gasteiger charge is 2.10. The molecule has 0 saturated heterocycles. The van der Waals surface area contributed by atoms with Gasteiger partial charge in [0, 0.05) is 18.2 Å². The van der Waals surface area contributed by atoms with E-state index in [9.17, 15) is 9.59 Å². The maximum Gasteiger partial charge on any atom is 0.255 e. The Balaban J connectivity index is 1.72. The number of nitrogens with one attached hydrogen (secondary N) is 2. The van der Waals surface area contributed by atoms with E-state index in [0.717, 1.165) is 0 Å². The molecule has 0 aromatic heterocycles. The Morgan fingerprint density at radius 3 is 2.30 bits per heavy atom. The molecule has 3 aromatic rings. The van der Waals surface area contributed by atoms with E-state index in [1.165, 1.54) is 6.92 Å². The van der Waals surface area contributed by atoms with E-state index in [2.05, 4.69) is 10.6 Å². The molecule has 0 radical (unpaired) electrons. The predicted molar refractivity (Wildman–Crippen MR) is 107 cm³/mol. The molecule has 136 valence electrons. The van der Waals surface area contributed by atoms with Crippen LogP contribution in [0.3, 0.4) is 0 Å². The number of para-hydroxylation sites is 1. The number of benzene rings is 3. The molecule has 3 rings (SSSR count). The van der Waals surface area contributed by atoms with Gasteiger partial charge in [-0.25, -0.2) is 0 Å². The van der Waals surface area contributed by atoms with Crippen molar-refractivity contribution in [3.8, 4) is 11.5 Å². The highest BCUT2D eigenvalue weighted by atomic mass is 35.5. The number of hydrogen-bond acceptors (Lipinski definition) is 3. The van der Waals surface area contributed by atoms with Crippen molar-refractivity contribution in [1.29, 1.82) is 0 Å². The van der Waals surface area contributed by atoms with Gasteiger partial charge in [0.05, 0.1) is 10.7 Å². The molecule has 0 aliphatic rings. The molecule has 0 fully saturated rings. The van der Waals surface area contributed by atoms with Crippen LogP contribution in [0.4, 0.5) is 11.4 Å². The van der Waals surface area contributed by atoms with Crippen LogP contribution in [-0.2, 0) is 4.79 Å². The molecule has 27 heavy (non-hydrogen) atoms. The van der Waals surface area contributed by atoms with Crippen LogP contribution < -0.4 is 15.4 Å². The first-order chi connectivity index (χ1) is 13.0. The molecule has 0 saturated carbocycles. The van der Waals surface area contributed by atoms with Gasteiger partial charge in [0.2, 0.25) is 5.91 Å². The van der Waals surface area contributed by atoms with Gasteiger partial charge in [-0.3, -0.25) is 9.59 Å². The van der Waals surface area contributed by atoms with E-state index >= 15 is 0 Å². The summed E-state index contributed by atoms with van der Waals surface area (Å²) in [5, 5.41) is 5.73. The number of halogens is 1. The summed E-state index contributed by atoms with van der Waals surface area (Å²) in [4.78, 5) is 23.6. The van der Waals surface area contributed by atoms with Gasteiger partial charge in [-0.15, -0.1) is 0 Å². The van der Waals surface area contributed by atoms with Gasteiger partial charge in [-0.1, -0.05) is 35.9 Å². The Morgan fingerprint density at radius 1 is 0.852 bits per heavy atom. The van der Waals surface area contributed by atoms with Gasteiger partial charge in [0.15, 0.2) is 0 Å². The SMILES string of the molecule is CC(=O)Nc1ccc(NC(=O)c2cccc(Oc3ccccc3)c2)cc1Cl. The first-order valence-corrected chi connectivity index (χ1v) is 8.60. The van der Waals surface area contributed by atoms with Gasteiger partial charge in [0.25, 0.3) is 5.91 Å². The third-order valence-electron chi connectivity index (χ3n) is 3.61. The van der Waals surface area contributed by atoms with Crippen molar-refractivity contribution in [3.05, 3.63) is 83.4 Å². The predicted octanol–water partition coefficient (Wildman–Crippen LogP) is 5.34. The summed E-state index contributed by atoms with van der Waals surface area (Å²) in [5.74, 6) is 0.740. The summed E-state index contributed by atoms with van der Waals surface area (Å²) in [7, 11) is 0. The maximum atomic E-state index is 12.5. The van der Waals surface area contributed by atoms with Crippen LogP contribution in [-0.4, -0.2) is 11.8 Å². The van der Waals surface area contributed by atoms with Gasteiger partial charge in [-0.05, 0) is 48.5 Å². The van der Waals surface area contributed by atoms with Crippen molar-refractivity contribution >= 4 is 34.8 Å². The normalized spacial score (nSPS) is 10.1. The van der Waals surface area contributed by atoms with Crippen molar-refractivity contribution < 1.29 is 14.3 Å². The number of carbonyl (C=O) groups excluding carboxylic acids is 2. The number of anilines is 2. The first-order valence-electron chi connectivity index (χ1n) is 8.23. The summed E-state index contributed by atoms with van der Waals surface area (Å²) >= 11 is 6.13. The highest BCUT2D eigenvalue weighted by Crippen LogP contribution is 2.26. The summed E-state index contributed by atoms with van der Waals surface area (Å²) in [6.45, 7) is 1.40. The zero-order valence-electron chi connectivity index (χ0n) is 14.5. The second kappa shape index (κ2) is 8.38. The molecular weight excluding hydrogens is 364 g/mol.